The van der Waals surface area contributed by atoms with Gasteiger partial charge >= 0.3 is 0 Å². The third-order valence-electron chi connectivity index (χ3n) is 4.50. The Kier molecular flexibility index (Phi) is 4.70. The summed E-state index contributed by atoms with van der Waals surface area (Å²) in [4.78, 5) is 17.5. The van der Waals surface area contributed by atoms with Crippen molar-refractivity contribution in [1.82, 2.24) is 19.9 Å². The molecule has 0 atom stereocenters. The van der Waals surface area contributed by atoms with Crippen LogP contribution >= 0.6 is 23.2 Å². The number of anilines is 1. The molecule has 5 nitrogen and oxygen atoms in total. The minimum Gasteiger partial charge on any atom is -0.353 e. The van der Waals surface area contributed by atoms with Gasteiger partial charge < -0.3 is 4.90 Å². The van der Waals surface area contributed by atoms with Crippen LogP contribution in [0.5, 0.6) is 0 Å². The maximum Gasteiger partial charge on any atom is 0.147 e. The molecule has 128 valence electrons. The Hall–Kier alpha value is -1.95. The largest absolute Gasteiger partial charge is 0.353 e. The van der Waals surface area contributed by atoms with E-state index in [9.17, 15) is 0 Å². The zero-order valence-electron chi connectivity index (χ0n) is 13.6. The fraction of sp³-hybridized carbons (Fsp3) is 0.278. The molecule has 2 aromatic heterocycles. The van der Waals surface area contributed by atoms with E-state index in [1.54, 1.807) is 24.8 Å². The number of aromatic nitrogens is 3. The first-order chi connectivity index (χ1) is 12.2. The molecular formula is C18H17Cl2N5. The molecule has 4 rings (SSSR count). The fourth-order valence-electron chi connectivity index (χ4n) is 3.16. The standard InChI is InChI=1S/C18H17Cl2N5/c19-15-10-13(17(20)18-14(15)2-1-3-23-18)12-24-6-8-25(9-7-24)16-11-21-4-5-22-16/h1-5,10-11H,6-9,12H2. The van der Waals surface area contributed by atoms with Crippen molar-refractivity contribution in [2.24, 2.45) is 0 Å². The lowest BCUT2D eigenvalue weighted by molar-refractivity contribution is 0.249. The highest BCUT2D eigenvalue weighted by atomic mass is 35.5. The lowest BCUT2D eigenvalue weighted by Gasteiger charge is -2.35. The average Bonchev–Trinajstić information content (AvgIpc) is 2.67. The first-order valence-corrected chi connectivity index (χ1v) is 8.93. The quantitative estimate of drug-likeness (QED) is 0.700. The van der Waals surface area contributed by atoms with Crippen molar-refractivity contribution in [2.75, 3.05) is 31.1 Å². The maximum absolute atomic E-state index is 6.58. The van der Waals surface area contributed by atoms with E-state index in [0.717, 1.165) is 55.0 Å². The van der Waals surface area contributed by atoms with Gasteiger partial charge in [0.1, 0.15) is 5.82 Å². The number of piperazine rings is 1. The van der Waals surface area contributed by atoms with E-state index in [1.165, 1.54) is 0 Å². The summed E-state index contributed by atoms with van der Waals surface area (Å²) in [5.41, 5.74) is 1.79. The van der Waals surface area contributed by atoms with Crippen LogP contribution in [0.1, 0.15) is 5.56 Å². The Morgan fingerprint density at radius 3 is 2.60 bits per heavy atom. The third-order valence-corrected chi connectivity index (χ3v) is 5.23. The lowest BCUT2D eigenvalue weighted by atomic mass is 10.1. The molecule has 1 aromatic carbocycles. The normalized spacial score (nSPS) is 15.7. The molecule has 0 bridgehead atoms. The topological polar surface area (TPSA) is 45.2 Å². The first-order valence-electron chi connectivity index (χ1n) is 8.17. The summed E-state index contributed by atoms with van der Waals surface area (Å²) in [6.07, 6.45) is 6.97. The lowest BCUT2D eigenvalue weighted by Crippen LogP contribution is -2.46. The molecule has 7 heteroatoms. The number of halogens is 2. The Bertz CT molecular complexity index is 879. The summed E-state index contributed by atoms with van der Waals surface area (Å²) in [7, 11) is 0. The van der Waals surface area contributed by atoms with Gasteiger partial charge in [-0.1, -0.05) is 23.2 Å². The summed E-state index contributed by atoms with van der Waals surface area (Å²) in [6, 6.07) is 5.78. The number of nitrogens with zero attached hydrogens (tertiary/aromatic N) is 5. The van der Waals surface area contributed by atoms with Gasteiger partial charge in [-0.15, -0.1) is 0 Å². The number of fused-ring (bicyclic) bond motifs is 1. The van der Waals surface area contributed by atoms with Crippen molar-refractivity contribution < 1.29 is 0 Å². The molecule has 25 heavy (non-hydrogen) atoms. The highest BCUT2D eigenvalue weighted by Crippen LogP contribution is 2.32. The van der Waals surface area contributed by atoms with E-state index >= 15 is 0 Å². The zero-order valence-corrected chi connectivity index (χ0v) is 15.1. The van der Waals surface area contributed by atoms with Gasteiger partial charge in [-0.05, 0) is 23.8 Å². The number of rotatable bonds is 3. The Labute approximate surface area is 156 Å². The molecule has 3 aromatic rings. The molecule has 0 N–H and O–H groups in total. The van der Waals surface area contributed by atoms with Crippen LogP contribution in [0.4, 0.5) is 5.82 Å². The Morgan fingerprint density at radius 1 is 1.00 bits per heavy atom. The SMILES string of the molecule is Clc1cc(CN2CCN(c3cnccn3)CC2)c(Cl)c2ncccc12. The number of pyridine rings is 1. The number of hydrogen-bond donors (Lipinski definition) is 0. The van der Waals surface area contributed by atoms with Crippen LogP contribution in [-0.4, -0.2) is 46.0 Å². The molecule has 3 heterocycles. The van der Waals surface area contributed by atoms with Crippen molar-refractivity contribution in [2.45, 2.75) is 6.54 Å². The highest BCUT2D eigenvalue weighted by molar-refractivity contribution is 6.40. The van der Waals surface area contributed by atoms with E-state index in [-0.39, 0.29) is 0 Å². The summed E-state index contributed by atoms with van der Waals surface area (Å²) < 4.78 is 0. The zero-order chi connectivity index (χ0) is 17.2. The second-order valence-electron chi connectivity index (χ2n) is 6.06. The second-order valence-corrected chi connectivity index (χ2v) is 6.84. The molecule has 1 saturated heterocycles. The molecular weight excluding hydrogens is 357 g/mol. The van der Waals surface area contributed by atoms with Crippen LogP contribution in [0.15, 0.2) is 43.0 Å². The predicted octanol–water partition coefficient (Wildman–Crippen LogP) is 3.65. The molecule has 1 aliphatic heterocycles. The molecule has 1 aliphatic rings. The fourth-order valence-corrected chi connectivity index (χ4v) is 3.71. The van der Waals surface area contributed by atoms with Crippen molar-refractivity contribution in [1.29, 1.82) is 0 Å². The summed E-state index contributed by atoms with van der Waals surface area (Å²) in [5.74, 6) is 0.929. The van der Waals surface area contributed by atoms with Crippen molar-refractivity contribution in [3.8, 4) is 0 Å². The smallest absolute Gasteiger partial charge is 0.147 e. The summed E-state index contributed by atoms with van der Waals surface area (Å²) >= 11 is 13.0. The molecule has 1 fully saturated rings. The van der Waals surface area contributed by atoms with E-state index in [4.69, 9.17) is 23.2 Å². The van der Waals surface area contributed by atoms with E-state index in [0.29, 0.717) is 10.0 Å². The minimum absolute atomic E-state index is 0.691. The van der Waals surface area contributed by atoms with E-state index < -0.39 is 0 Å². The van der Waals surface area contributed by atoms with Crippen LogP contribution in [0, 0.1) is 0 Å². The van der Waals surface area contributed by atoms with Crippen LogP contribution in [0.3, 0.4) is 0 Å². The highest BCUT2D eigenvalue weighted by Gasteiger charge is 2.20. The van der Waals surface area contributed by atoms with Gasteiger partial charge in [-0.3, -0.25) is 14.9 Å². The minimum atomic E-state index is 0.691. The van der Waals surface area contributed by atoms with Gasteiger partial charge in [0.2, 0.25) is 0 Å². The van der Waals surface area contributed by atoms with Crippen molar-refractivity contribution in [3.63, 3.8) is 0 Å². The molecule has 0 radical (unpaired) electrons. The van der Waals surface area contributed by atoms with Gasteiger partial charge in [0.15, 0.2) is 0 Å². The molecule has 0 aliphatic carbocycles. The predicted molar refractivity (Wildman–Crippen MR) is 101 cm³/mol. The van der Waals surface area contributed by atoms with Gasteiger partial charge in [0.05, 0.1) is 21.8 Å². The number of benzene rings is 1. The van der Waals surface area contributed by atoms with Crippen LogP contribution in [-0.2, 0) is 6.54 Å². The molecule has 0 unspecified atom stereocenters. The van der Waals surface area contributed by atoms with Crippen LogP contribution in [0.2, 0.25) is 10.0 Å². The van der Waals surface area contributed by atoms with Gasteiger partial charge in [0, 0.05) is 56.7 Å². The molecule has 0 spiro atoms. The molecule has 0 saturated carbocycles. The maximum atomic E-state index is 6.58. The van der Waals surface area contributed by atoms with Gasteiger partial charge in [-0.2, -0.15) is 0 Å². The first kappa shape index (κ1) is 16.5. The van der Waals surface area contributed by atoms with Crippen LogP contribution in [0.25, 0.3) is 10.9 Å². The Morgan fingerprint density at radius 2 is 1.84 bits per heavy atom. The van der Waals surface area contributed by atoms with Gasteiger partial charge in [-0.25, -0.2) is 4.98 Å². The van der Waals surface area contributed by atoms with Crippen LogP contribution < -0.4 is 4.90 Å². The summed E-state index contributed by atoms with van der Waals surface area (Å²) in [5, 5.41) is 2.28. The average molecular weight is 374 g/mol. The summed E-state index contributed by atoms with van der Waals surface area (Å²) in [6.45, 7) is 4.46. The third kappa shape index (κ3) is 3.40. The van der Waals surface area contributed by atoms with Crippen molar-refractivity contribution >= 4 is 39.9 Å². The second kappa shape index (κ2) is 7.12. The molecule has 0 amide bonds. The van der Waals surface area contributed by atoms with Crippen molar-refractivity contribution in [3.05, 3.63) is 58.6 Å². The number of hydrogen-bond acceptors (Lipinski definition) is 5. The monoisotopic (exact) mass is 373 g/mol. The van der Waals surface area contributed by atoms with E-state index in [1.807, 2.05) is 18.2 Å². The van der Waals surface area contributed by atoms with E-state index in [2.05, 4.69) is 24.8 Å². The Balaban J connectivity index is 1.49. The van der Waals surface area contributed by atoms with Gasteiger partial charge in [0.25, 0.3) is 0 Å².